The molecule has 0 aliphatic rings. The number of aryl methyl sites for hydroxylation is 1. The highest BCUT2D eigenvalue weighted by atomic mass is 19.1. The molecule has 3 rings (SSSR count). The summed E-state index contributed by atoms with van der Waals surface area (Å²) in [4.78, 5) is 14.5. The second kappa shape index (κ2) is 10.1. The highest BCUT2D eigenvalue weighted by Gasteiger charge is 2.21. The van der Waals surface area contributed by atoms with E-state index < -0.39 is 0 Å². The molecule has 0 radical (unpaired) electrons. The van der Waals surface area contributed by atoms with Gasteiger partial charge < -0.3 is 9.64 Å². The van der Waals surface area contributed by atoms with Crippen molar-refractivity contribution >= 4 is 23.0 Å². The Labute approximate surface area is 183 Å². The molecular formula is C27H28FNO2. The number of carbonyl (C=O) groups is 1. The van der Waals surface area contributed by atoms with Crippen molar-refractivity contribution in [2.45, 2.75) is 34.1 Å². The van der Waals surface area contributed by atoms with Crippen molar-refractivity contribution in [2.75, 3.05) is 11.5 Å². The molecule has 160 valence electrons. The summed E-state index contributed by atoms with van der Waals surface area (Å²) < 4.78 is 19.1. The van der Waals surface area contributed by atoms with Gasteiger partial charge in [-0.05, 0) is 80.3 Å². The molecule has 4 heteroatoms. The fourth-order valence-electron chi connectivity index (χ4n) is 3.57. The van der Waals surface area contributed by atoms with Gasteiger partial charge in [0, 0.05) is 11.4 Å². The lowest BCUT2D eigenvalue weighted by molar-refractivity contribution is 0.0526. The first-order valence-corrected chi connectivity index (χ1v) is 10.5. The number of halogens is 1. The molecule has 0 saturated heterocycles. The summed E-state index contributed by atoms with van der Waals surface area (Å²) in [6.07, 6.45) is 0.846. The van der Waals surface area contributed by atoms with Gasteiger partial charge in [-0.25, -0.2) is 9.18 Å². The zero-order chi connectivity index (χ0) is 22.4. The summed E-state index contributed by atoms with van der Waals surface area (Å²) in [5.41, 5.74) is 6.19. The lowest BCUT2D eigenvalue weighted by Gasteiger charge is -2.31. The van der Waals surface area contributed by atoms with Crippen LogP contribution in [0.4, 0.5) is 15.8 Å². The minimum atomic E-state index is -0.363. The van der Waals surface area contributed by atoms with Gasteiger partial charge in [0.1, 0.15) is 5.82 Å². The lowest BCUT2D eigenvalue weighted by atomic mass is 10.0. The molecule has 3 aromatic rings. The fraction of sp³-hybridized carbons (Fsp3) is 0.222. The predicted molar refractivity (Wildman–Crippen MR) is 125 cm³/mol. The van der Waals surface area contributed by atoms with E-state index in [1.165, 1.54) is 17.7 Å². The van der Waals surface area contributed by atoms with E-state index in [2.05, 4.69) is 30.9 Å². The lowest BCUT2D eigenvalue weighted by Crippen LogP contribution is -2.19. The minimum Gasteiger partial charge on any atom is -0.462 e. The molecule has 0 amide bonds. The molecule has 0 fully saturated rings. The number of carbonyl (C=O) groups excluding carboxylic acids is 1. The Hall–Kier alpha value is -3.40. The molecule has 3 nitrogen and oxygen atoms in total. The van der Waals surface area contributed by atoms with Crippen LogP contribution in [0.25, 0.3) is 5.70 Å². The van der Waals surface area contributed by atoms with E-state index in [0.29, 0.717) is 12.2 Å². The van der Waals surface area contributed by atoms with Crippen molar-refractivity contribution in [2.24, 2.45) is 0 Å². The van der Waals surface area contributed by atoms with E-state index >= 15 is 0 Å². The summed E-state index contributed by atoms with van der Waals surface area (Å²) in [6.45, 7) is 8.21. The number of anilines is 2. The van der Waals surface area contributed by atoms with Crippen molar-refractivity contribution < 1.29 is 13.9 Å². The van der Waals surface area contributed by atoms with Crippen LogP contribution in [0.15, 0.2) is 78.4 Å². The Balaban J connectivity index is 2.28. The van der Waals surface area contributed by atoms with Crippen LogP contribution in [0.1, 0.15) is 48.7 Å². The molecule has 0 heterocycles. The van der Waals surface area contributed by atoms with Gasteiger partial charge in [-0.1, -0.05) is 43.3 Å². The third kappa shape index (κ3) is 5.02. The number of esters is 1. The number of ether oxygens (including phenoxy) is 1. The Morgan fingerprint density at radius 2 is 1.65 bits per heavy atom. The van der Waals surface area contributed by atoms with Crippen LogP contribution in [0.3, 0.4) is 0 Å². The molecule has 0 saturated carbocycles. The van der Waals surface area contributed by atoms with E-state index in [4.69, 9.17) is 4.74 Å². The molecule has 0 atom stereocenters. The zero-order valence-electron chi connectivity index (χ0n) is 18.5. The number of hydrogen-bond acceptors (Lipinski definition) is 3. The molecule has 0 aromatic heterocycles. The van der Waals surface area contributed by atoms with Crippen LogP contribution in [-0.2, 0) is 4.74 Å². The van der Waals surface area contributed by atoms with Gasteiger partial charge in [0.25, 0.3) is 0 Å². The van der Waals surface area contributed by atoms with Crippen molar-refractivity contribution in [3.05, 3.63) is 101 Å². The molecular weight excluding hydrogens is 389 g/mol. The second-order valence-corrected chi connectivity index (χ2v) is 7.39. The van der Waals surface area contributed by atoms with Gasteiger partial charge >= 0.3 is 5.97 Å². The van der Waals surface area contributed by atoms with Gasteiger partial charge in [-0.3, -0.25) is 0 Å². The van der Waals surface area contributed by atoms with Gasteiger partial charge in [0.05, 0.1) is 17.9 Å². The summed E-state index contributed by atoms with van der Waals surface area (Å²) in [5.74, 6) is -0.642. The zero-order valence-corrected chi connectivity index (χ0v) is 18.5. The number of nitrogens with zero attached hydrogens (tertiary/aromatic N) is 1. The molecule has 0 aliphatic carbocycles. The molecule has 0 unspecified atom stereocenters. The molecule has 3 aromatic carbocycles. The predicted octanol–water partition coefficient (Wildman–Crippen LogP) is 7.29. The van der Waals surface area contributed by atoms with Crippen LogP contribution >= 0.6 is 0 Å². The summed E-state index contributed by atoms with van der Waals surface area (Å²) in [7, 11) is 0. The van der Waals surface area contributed by atoms with Crippen LogP contribution in [0.5, 0.6) is 0 Å². The van der Waals surface area contributed by atoms with Crippen molar-refractivity contribution in [3.8, 4) is 0 Å². The van der Waals surface area contributed by atoms with E-state index in [0.717, 1.165) is 34.6 Å². The van der Waals surface area contributed by atoms with Crippen LogP contribution in [-0.4, -0.2) is 12.6 Å². The average molecular weight is 418 g/mol. The highest BCUT2D eigenvalue weighted by molar-refractivity contribution is 5.94. The van der Waals surface area contributed by atoms with Gasteiger partial charge in [-0.2, -0.15) is 0 Å². The maximum Gasteiger partial charge on any atom is 0.338 e. The maximum absolute atomic E-state index is 13.9. The molecule has 0 bridgehead atoms. The van der Waals surface area contributed by atoms with Crippen LogP contribution in [0, 0.1) is 12.7 Å². The summed E-state index contributed by atoms with van der Waals surface area (Å²) >= 11 is 0. The van der Waals surface area contributed by atoms with Gasteiger partial charge in [-0.15, -0.1) is 0 Å². The smallest absolute Gasteiger partial charge is 0.338 e. The number of allylic oxidation sites excluding steroid dienone is 1. The second-order valence-electron chi connectivity index (χ2n) is 7.39. The Morgan fingerprint density at radius 3 is 2.29 bits per heavy atom. The van der Waals surface area contributed by atoms with Gasteiger partial charge in [0.2, 0.25) is 0 Å². The van der Waals surface area contributed by atoms with Crippen LogP contribution < -0.4 is 4.90 Å². The number of rotatable bonds is 7. The number of benzene rings is 3. The fourth-order valence-corrected chi connectivity index (χ4v) is 3.57. The van der Waals surface area contributed by atoms with Crippen molar-refractivity contribution in [1.29, 1.82) is 0 Å². The summed E-state index contributed by atoms with van der Waals surface area (Å²) in [6, 6.07) is 22.3. The van der Waals surface area contributed by atoms with Crippen molar-refractivity contribution in [1.82, 2.24) is 0 Å². The van der Waals surface area contributed by atoms with Crippen LogP contribution in [0.2, 0.25) is 0 Å². The molecule has 31 heavy (non-hydrogen) atoms. The molecule has 0 spiro atoms. The monoisotopic (exact) mass is 417 g/mol. The maximum atomic E-state index is 13.9. The molecule has 0 aliphatic heterocycles. The minimum absolute atomic E-state index is 0.279. The number of hydrogen-bond donors (Lipinski definition) is 0. The third-order valence-corrected chi connectivity index (χ3v) is 5.22. The standard InChI is InChI=1S/C27H28FNO2/c1-5-19(3)26(21-11-8-7-9-12-21)29(25-16-15-23(28)17-20(25)4)24-14-10-13-22(18-24)27(30)31-6-2/h7-18H,5-6H2,1-4H3/b26-19+. The largest absolute Gasteiger partial charge is 0.462 e. The quantitative estimate of drug-likeness (QED) is 0.378. The Morgan fingerprint density at radius 1 is 0.935 bits per heavy atom. The summed E-state index contributed by atoms with van der Waals surface area (Å²) in [5, 5.41) is 0. The Bertz CT molecular complexity index is 1090. The topological polar surface area (TPSA) is 29.5 Å². The first kappa shape index (κ1) is 22.3. The van der Waals surface area contributed by atoms with E-state index in [-0.39, 0.29) is 11.8 Å². The van der Waals surface area contributed by atoms with Gasteiger partial charge in [0.15, 0.2) is 0 Å². The van der Waals surface area contributed by atoms with Crippen molar-refractivity contribution in [3.63, 3.8) is 0 Å². The van der Waals surface area contributed by atoms with E-state index in [9.17, 15) is 9.18 Å². The third-order valence-electron chi connectivity index (χ3n) is 5.22. The molecule has 0 N–H and O–H groups in total. The first-order chi connectivity index (χ1) is 15.0. The average Bonchev–Trinajstić information content (AvgIpc) is 2.78. The Kier molecular flexibility index (Phi) is 7.24. The SMILES string of the molecule is CCOC(=O)c1cccc(N(/C(=C(\C)CC)c2ccccc2)c2ccc(F)cc2C)c1. The van der Waals surface area contributed by atoms with E-state index in [1.54, 1.807) is 19.1 Å². The normalized spacial score (nSPS) is 11.6. The highest BCUT2D eigenvalue weighted by Crippen LogP contribution is 2.39. The first-order valence-electron chi connectivity index (χ1n) is 10.5. The van der Waals surface area contributed by atoms with E-state index in [1.807, 2.05) is 43.3 Å².